The molecule has 2 rings (SSSR count). The van der Waals surface area contributed by atoms with Gasteiger partial charge in [0.05, 0.1) is 5.75 Å². The van der Waals surface area contributed by atoms with Crippen LogP contribution in [0.5, 0.6) is 0 Å². The summed E-state index contributed by atoms with van der Waals surface area (Å²) in [6.07, 6.45) is 1.05. The van der Waals surface area contributed by atoms with E-state index in [0.717, 1.165) is 37.1 Å². The Balaban J connectivity index is 1.94. The molecule has 0 aromatic heterocycles. The number of hydrogen-bond acceptors (Lipinski definition) is 3. The van der Waals surface area contributed by atoms with Gasteiger partial charge in [-0.05, 0) is 50.1 Å². The third-order valence-electron chi connectivity index (χ3n) is 3.50. The van der Waals surface area contributed by atoms with Gasteiger partial charge in [0.25, 0.3) is 0 Å². The van der Waals surface area contributed by atoms with Crippen LogP contribution in [0.4, 0.5) is 0 Å². The molecule has 0 spiro atoms. The van der Waals surface area contributed by atoms with Crippen LogP contribution in [-0.4, -0.2) is 42.7 Å². The van der Waals surface area contributed by atoms with Gasteiger partial charge in [-0.1, -0.05) is 15.9 Å². The molecule has 1 amide bonds. The van der Waals surface area contributed by atoms with E-state index in [1.165, 1.54) is 16.0 Å². The van der Waals surface area contributed by atoms with Gasteiger partial charge in [-0.15, -0.1) is 11.8 Å². The number of nitrogens with zero attached hydrogens (tertiary/aromatic N) is 1. The highest BCUT2D eigenvalue weighted by atomic mass is 79.9. The Hall–Kier alpha value is -0.520. The Morgan fingerprint density at radius 2 is 2.10 bits per heavy atom. The molecule has 20 heavy (non-hydrogen) atoms. The molecule has 0 aliphatic carbocycles. The average Bonchev–Trinajstić information content (AvgIpc) is 2.70. The van der Waals surface area contributed by atoms with Crippen LogP contribution in [-0.2, 0) is 4.79 Å². The summed E-state index contributed by atoms with van der Waals surface area (Å²) in [5.41, 5.74) is 2.43. The van der Waals surface area contributed by atoms with Crippen LogP contribution in [0.2, 0.25) is 0 Å². The highest BCUT2D eigenvalue weighted by Gasteiger charge is 2.15. The molecule has 1 aliphatic rings. The van der Waals surface area contributed by atoms with Crippen LogP contribution in [0.3, 0.4) is 0 Å². The second-order valence-corrected chi connectivity index (χ2v) is 7.01. The van der Waals surface area contributed by atoms with Crippen LogP contribution in [0.25, 0.3) is 0 Å². The monoisotopic (exact) mass is 356 g/mol. The maximum absolute atomic E-state index is 12.3. The van der Waals surface area contributed by atoms with Crippen molar-refractivity contribution in [1.29, 1.82) is 0 Å². The van der Waals surface area contributed by atoms with E-state index in [2.05, 4.69) is 47.2 Å². The molecule has 1 aromatic carbocycles. The van der Waals surface area contributed by atoms with Gasteiger partial charge in [0.15, 0.2) is 0 Å². The highest BCUT2D eigenvalue weighted by Crippen LogP contribution is 2.28. The zero-order chi connectivity index (χ0) is 14.5. The van der Waals surface area contributed by atoms with Gasteiger partial charge in [-0.25, -0.2) is 0 Å². The Morgan fingerprint density at radius 1 is 1.30 bits per heavy atom. The maximum atomic E-state index is 12.3. The van der Waals surface area contributed by atoms with Crippen molar-refractivity contribution in [1.82, 2.24) is 10.2 Å². The molecule has 5 heteroatoms. The molecule has 1 N–H and O–H groups in total. The third-order valence-corrected chi connectivity index (χ3v) is 5.50. The Labute approximate surface area is 133 Å². The zero-order valence-corrected chi connectivity index (χ0v) is 14.4. The van der Waals surface area contributed by atoms with Crippen LogP contribution in [0.1, 0.15) is 17.5 Å². The van der Waals surface area contributed by atoms with Gasteiger partial charge in [0.2, 0.25) is 5.91 Å². The molecule has 3 nitrogen and oxygen atoms in total. The second-order valence-electron chi connectivity index (χ2n) is 5.14. The van der Waals surface area contributed by atoms with Crippen LogP contribution >= 0.6 is 27.7 Å². The van der Waals surface area contributed by atoms with Crippen molar-refractivity contribution in [2.45, 2.75) is 25.2 Å². The number of carbonyl (C=O) groups is 1. The van der Waals surface area contributed by atoms with Gasteiger partial charge in [-0.2, -0.15) is 0 Å². The minimum atomic E-state index is 0.249. The van der Waals surface area contributed by atoms with Crippen LogP contribution < -0.4 is 5.32 Å². The van der Waals surface area contributed by atoms with E-state index in [4.69, 9.17) is 0 Å². The smallest absolute Gasteiger partial charge is 0.232 e. The first-order chi connectivity index (χ1) is 9.58. The second kappa shape index (κ2) is 7.48. The Kier molecular flexibility index (Phi) is 5.93. The van der Waals surface area contributed by atoms with E-state index in [1.807, 2.05) is 4.90 Å². The minimum absolute atomic E-state index is 0.249. The van der Waals surface area contributed by atoms with Gasteiger partial charge >= 0.3 is 0 Å². The first-order valence-electron chi connectivity index (χ1n) is 6.96. The summed E-state index contributed by atoms with van der Waals surface area (Å²) in [7, 11) is 0. The molecule has 0 atom stereocenters. The topological polar surface area (TPSA) is 32.3 Å². The number of hydrogen-bond donors (Lipinski definition) is 1. The number of nitrogens with one attached hydrogen (secondary N) is 1. The number of amides is 1. The summed E-state index contributed by atoms with van der Waals surface area (Å²) in [6.45, 7) is 7.81. The minimum Gasteiger partial charge on any atom is -0.341 e. The summed E-state index contributed by atoms with van der Waals surface area (Å²) < 4.78 is 1.13. The summed E-state index contributed by atoms with van der Waals surface area (Å²) in [5, 5.41) is 3.32. The van der Waals surface area contributed by atoms with E-state index in [-0.39, 0.29) is 5.91 Å². The number of thioether (sulfide) groups is 1. The summed E-state index contributed by atoms with van der Waals surface area (Å²) >= 11 is 5.19. The molecule has 110 valence electrons. The van der Waals surface area contributed by atoms with Gasteiger partial charge in [0.1, 0.15) is 0 Å². The molecule has 0 saturated carbocycles. The van der Waals surface area contributed by atoms with E-state index >= 15 is 0 Å². The van der Waals surface area contributed by atoms with Gasteiger partial charge < -0.3 is 10.2 Å². The standard InChI is InChI=1S/C15H21BrN2OS/c1-11-9-14(12(2)8-13(11)16)20-10-15(19)18-6-3-4-17-5-7-18/h8-9,17H,3-7,10H2,1-2H3. The SMILES string of the molecule is Cc1cc(SCC(=O)N2CCCNCC2)c(C)cc1Br. The van der Waals surface area contributed by atoms with Crippen molar-refractivity contribution in [3.8, 4) is 0 Å². The van der Waals surface area contributed by atoms with Crippen LogP contribution in [0, 0.1) is 13.8 Å². The molecule has 1 saturated heterocycles. The predicted molar refractivity (Wildman–Crippen MR) is 88.4 cm³/mol. The molecule has 0 bridgehead atoms. The van der Waals surface area contributed by atoms with E-state index < -0.39 is 0 Å². The van der Waals surface area contributed by atoms with E-state index in [0.29, 0.717) is 5.75 Å². The van der Waals surface area contributed by atoms with Crippen molar-refractivity contribution < 1.29 is 4.79 Å². The quantitative estimate of drug-likeness (QED) is 0.845. The maximum Gasteiger partial charge on any atom is 0.232 e. The lowest BCUT2D eigenvalue weighted by molar-refractivity contribution is -0.128. The fourth-order valence-electron chi connectivity index (χ4n) is 2.24. The van der Waals surface area contributed by atoms with E-state index in [1.54, 1.807) is 11.8 Å². The molecule has 1 aliphatic heterocycles. The number of benzene rings is 1. The zero-order valence-electron chi connectivity index (χ0n) is 12.0. The first kappa shape index (κ1) is 15.9. The normalized spacial score (nSPS) is 16.1. The molecule has 1 heterocycles. The lowest BCUT2D eigenvalue weighted by Gasteiger charge is -2.20. The predicted octanol–water partition coefficient (Wildman–Crippen LogP) is 2.98. The molecule has 1 aromatic rings. The number of aryl methyl sites for hydroxylation is 2. The fraction of sp³-hybridized carbons (Fsp3) is 0.533. The lowest BCUT2D eigenvalue weighted by Crippen LogP contribution is -2.35. The molecular formula is C15H21BrN2OS. The van der Waals surface area contributed by atoms with Crippen molar-refractivity contribution >= 4 is 33.6 Å². The molecular weight excluding hydrogens is 336 g/mol. The average molecular weight is 357 g/mol. The highest BCUT2D eigenvalue weighted by molar-refractivity contribution is 9.10. The fourth-order valence-corrected chi connectivity index (χ4v) is 3.70. The lowest BCUT2D eigenvalue weighted by atomic mass is 10.2. The number of carbonyl (C=O) groups excluding carboxylic acids is 1. The van der Waals surface area contributed by atoms with Crippen molar-refractivity contribution in [3.05, 3.63) is 27.7 Å². The number of rotatable bonds is 3. The van der Waals surface area contributed by atoms with E-state index in [9.17, 15) is 4.79 Å². The summed E-state index contributed by atoms with van der Waals surface area (Å²) in [6, 6.07) is 4.28. The molecule has 0 unspecified atom stereocenters. The van der Waals surface area contributed by atoms with Crippen molar-refractivity contribution in [2.24, 2.45) is 0 Å². The summed E-state index contributed by atoms with van der Waals surface area (Å²) in [4.78, 5) is 15.4. The van der Waals surface area contributed by atoms with Crippen molar-refractivity contribution in [2.75, 3.05) is 31.9 Å². The van der Waals surface area contributed by atoms with Crippen LogP contribution in [0.15, 0.2) is 21.5 Å². The van der Waals surface area contributed by atoms with Crippen molar-refractivity contribution in [3.63, 3.8) is 0 Å². The first-order valence-corrected chi connectivity index (χ1v) is 8.74. The molecule has 1 fully saturated rings. The third kappa shape index (κ3) is 4.24. The number of halogens is 1. The molecule has 0 radical (unpaired) electrons. The summed E-state index contributed by atoms with van der Waals surface area (Å²) in [5.74, 6) is 0.778. The van der Waals surface area contributed by atoms with Gasteiger partial charge in [-0.3, -0.25) is 4.79 Å². The van der Waals surface area contributed by atoms with Gasteiger partial charge in [0, 0.05) is 29.0 Å². The Morgan fingerprint density at radius 3 is 2.90 bits per heavy atom. The largest absolute Gasteiger partial charge is 0.341 e. The Bertz CT molecular complexity index is 485.